The lowest BCUT2D eigenvalue weighted by Gasteiger charge is -2.21. The number of aliphatic carboxylic acids is 1. The summed E-state index contributed by atoms with van der Waals surface area (Å²) in [7, 11) is 0. The number of carboxylic acid groups (broad SMARTS) is 1. The fourth-order valence-corrected chi connectivity index (χ4v) is 4.62. The van der Waals surface area contributed by atoms with E-state index < -0.39 is 12.0 Å². The van der Waals surface area contributed by atoms with Gasteiger partial charge in [0.1, 0.15) is 6.04 Å². The van der Waals surface area contributed by atoms with E-state index in [1.165, 1.54) is 11.3 Å². The van der Waals surface area contributed by atoms with Crippen LogP contribution in [-0.4, -0.2) is 28.9 Å². The van der Waals surface area contributed by atoms with Crippen molar-refractivity contribution in [2.24, 2.45) is 5.92 Å². The molecule has 0 saturated carbocycles. The van der Waals surface area contributed by atoms with Gasteiger partial charge >= 0.3 is 5.97 Å². The van der Waals surface area contributed by atoms with E-state index in [1.807, 2.05) is 44.2 Å². The molecule has 0 aliphatic heterocycles. The molecule has 0 saturated heterocycles. The first-order valence-corrected chi connectivity index (χ1v) is 12.4. The first kappa shape index (κ1) is 26.2. The Balaban J connectivity index is 1.74. The van der Waals surface area contributed by atoms with E-state index in [0.717, 1.165) is 26.6 Å². The lowest BCUT2D eigenvalue weighted by Crippen LogP contribution is -2.44. The lowest BCUT2D eigenvalue weighted by molar-refractivity contribution is -0.131. The Morgan fingerprint density at radius 3 is 2.31 bits per heavy atom. The fourth-order valence-electron chi connectivity index (χ4n) is 3.67. The van der Waals surface area contributed by atoms with Gasteiger partial charge in [0.2, 0.25) is 5.91 Å². The van der Waals surface area contributed by atoms with Crippen LogP contribution in [0.15, 0.2) is 54.6 Å². The van der Waals surface area contributed by atoms with Crippen molar-refractivity contribution in [3.63, 3.8) is 0 Å². The first-order valence-electron chi connectivity index (χ1n) is 11.6. The van der Waals surface area contributed by atoms with Gasteiger partial charge in [-0.2, -0.15) is 0 Å². The fraction of sp³-hybridized carbons (Fsp3) is 0.321. The lowest BCUT2D eigenvalue weighted by atomic mass is 9.86. The number of rotatable bonds is 8. The molecule has 1 aromatic heterocycles. The van der Waals surface area contributed by atoms with E-state index in [4.69, 9.17) is 5.11 Å². The molecule has 0 bridgehead atoms. The van der Waals surface area contributed by atoms with Crippen molar-refractivity contribution in [3.8, 4) is 0 Å². The van der Waals surface area contributed by atoms with Crippen molar-refractivity contribution in [2.75, 3.05) is 5.32 Å². The van der Waals surface area contributed by atoms with Crippen LogP contribution in [0, 0.1) is 5.92 Å². The second kappa shape index (κ2) is 10.9. The Morgan fingerprint density at radius 2 is 1.71 bits per heavy atom. The zero-order chi connectivity index (χ0) is 25.8. The largest absolute Gasteiger partial charge is 0.478 e. The molecule has 1 unspecified atom stereocenters. The summed E-state index contributed by atoms with van der Waals surface area (Å²) in [5.74, 6) is -1.36. The quantitative estimate of drug-likeness (QED) is 0.332. The summed E-state index contributed by atoms with van der Waals surface area (Å²) in [4.78, 5) is 37.6. The zero-order valence-corrected chi connectivity index (χ0v) is 21.5. The molecular formula is C28H32N2O4S. The average Bonchev–Trinajstić information content (AvgIpc) is 3.18. The van der Waals surface area contributed by atoms with Crippen LogP contribution in [0.2, 0.25) is 0 Å². The van der Waals surface area contributed by atoms with Crippen LogP contribution in [-0.2, 0) is 15.0 Å². The van der Waals surface area contributed by atoms with Gasteiger partial charge in [-0.3, -0.25) is 9.59 Å². The summed E-state index contributed by atoms with van der Waals surface area (Å²) in [5, 5.41) is 15.6. The van der Waals surface area contributed by atoms with Crippen molar-refractivity contribution in [3.05, 3.63) is 70.6 Å². The van der Waals surface area contributed by atoms with Gasteiger partial charge in [0, 0.05) is 26.9 Å². The van der Waals surface area contributed by atoms with Gasteiger partial charge < -0.3 is 15.7 Å². The zero-order valence-electron chi connectivity index (χ0n) is 20.7. The van der Waals surface area contributed by atoms with Crippen molar-refractivity contribution >= 4 is 51.0 Å². The van der Waals surface area contributed by atoms with Gasteiger partial charge in [-0.25, -0.2) is 4.79 Å². The minimum absolute atomic E-state index is 0.00800. The van der Waals surface area contributed by atoms with Gasteiger partial charge in [0.05, 0.1) is 0 Å². The highest BCUT2D eigenvalue weighted by Crippen LogP contribution is 2.29. The SMILES string of the molecule is CC(C)CC(NC(=O)c1ccc(C(C)(C)C)cc1)C(=O)Nc1ccc2sc(/C=C/C(=O)O)cc2c1. The molecule has 0 spiro atoms. The third-order valence-electron chi connectivity index (χ3n) is 5.54. The summed E-state index contributed by atoms with van der Waals surface area (Å²) in [5.41, 5.74) is 2.26. The molecule has 2 amide bonds. The minimum Gasteiger partial charge on any atom is -0.478 e. The highest BCUT2D eigenvalue weighted by molar-refractivity contribution is 7.19. The molecule has 1 heterocycles. The standard InChI is InChI=1S/C28H32N2O4S/c1-17(2)14-23(30-26(33)18-6-8-20(9-7-18)28(3,4)5)27(34)29-21-10-12-24-19(15-21)16-22(35-24)11-13-25(31)32/h6-13,15-17,23H,14H2,1-5H3,(H,29,34)(H,30,33)(H,31,32)/b13-11+. The smallest absolute Gasteiger partial charge is 0.328 e. The Labute approximate surface area is 210 Å². The molecule has 3 aromatic rings. The molecular weight excluding hydrogens is 460 g/mol. The van der Waals surface area contributed by atoms with Crippen molar-refractivity contribution in [1.29, 1.82) is 0 Å². The van der Waals surface area contributed by atoms with Crippen LogP contribution in [0.5, 0.6) is 0 Å². The van der Waals surface area contributed by atoms with Crippen molar-refractivity contribution < 1.29 is 19.5 Å². The minimum atomic E-state index is -1.00. The summed E-state index contributed by atoms with van der Waals surface area (Å²) >= 11 is 1.47. The molecule has 0 radical (unpaired) electrons. The number of carbonyl (C=O) groups excluding carboxylic acids is 2. The number of thiophene rings is 1. The van der Waals surface area contributed by atoms with Crippen LogP contribution >= 0.6 is 11.3 Å². The molecule has 0 aliphatic rings. The number of hydrogen-bond donors (Lipinski definition) is 3. The molecule has 0 fully saturated rings. The van der Waals surface area contributed by atoms with Gasteiger partial charge in [-0.1, -0.05) is 46.8 Å². The molecule has 184 valence electrons. The molecule has 7 heteroatoms. The summed E-state index contributed by atoms with van der Waals surface area (Å²) in [6, 6.07) is 14.2. The van der Waals surface area contributed by atoms with Crippen LogP contribution in [0.1, 0.15) is 61.8 Å². The maximum atomic E-state index is 13.1. The van der Waals surface area contributed by atoms with E-state index in [1.54, 1.807) is 24.3 Å². The number of hydrogen-bond acceptors (Lipinski definition) is 4. The Bertz CT molecular complexity index is 1250. The number of nitrogens with one attached hydrogen (secondary N) is 2. The Kier molecular flexibility index (Phi) is 8.12. The molecule has 6 nitrogen and oxygen atoms in total. The van der Waals surface area contributed by atoms with Crippen molar-refractivity contribution in [2.45, 2.75) is 52.5 Å². The number of carboxylic acids is 1. The van der Waals surface area contributed by atoms with Crippen LogP contribution < -0.4 is 10.6 Å². The molecule has 3 rings (SSSR count). The number of amides is 2. The van der Waals surface area contributed by atoms with E-state index >= 15 is 0 Å². The van der Waals surface area contributed by atoms with Crippen molar-refractivity contribution in [1.82, 2.24) is 5.32 Å². The molecule has 2 aromatic carbocycles. The number of carbonyl (C=O) groups is 3. The maximum Gasteiger partial charge on any atom is 0.328 e. The molecule has 35 heavy (non-hydrogen) atoms. The first-order chi connectivity index (χ1) is 16.4. The third kappa shape index (κ3) is 7.26. The topological polar surface area (TPSA) is 95.5 Å². The predicted octanol–water partition coefficient (Wildman–Crippen LogP) is 6.08. The normalized spacial score (nSPS) is 12.7. The van der Waals surface area contributed by atoms with Gasteiger partial charge in [0.15, 0.2) is 0 Å². The second-order valence-electron chi connectivity index (χ2n) is 10.0. The maximum absolute atomic E-state index is 13.1. The molecule has 0 aliphatic carbocycles. The number of benzene rings is 2. The third-order valence-corrected chi connectivity index (χ3v) is 6.62. The summed E-state index contributed by atoms with van der Waals surface area (Å²) < 4.78 is 0.985. The number of anilines is 1. The van der Waals surface area contributed by atoms with E-state index in [2.05, 4.69) is 31.4 Å². The van der Waals surface area contributed by atoms with Gasteiger partial charge in [0.25, 0.3) is 5.91 Å². The average molecular weight is 493 g/mol. The van der Waals surface area contributed by atoms with Gasteiger partial charge in [-0.05, 0) is 71.2 Å². The monoisotopic (exact) mass is 492 g/mol. The van der Waals surface area contributed by atoms with Gasteiger partial charge in [-0.15, -0.1) is 11.3 Å². The van der Waals surface area contributed by atoms with Crippen LogP contribution in [0.25, 0.3) is 16.2 Å². The van der Waals surface area contributed by atoms with E-state index in [-0.39, 0.29) is 23.1 Å². The highest BCUT2D eigenvalue weighted by atomic mass is 32.1. The van der Waals surface area contributed by atoms with Crippen LogP contribution in [0.4, 0.5) is 5.69 Å². The molecule has 3 N–H and O–H groups in total. The predicted molar refractivity (Wildman–Crippen MR) is 143 cm³/mol. The Morgan fingerprint density at radius 1 is 1.03 bits per heavy atom. The van der Waals surface area contributed by atoms with E-state index in [9.17, 15) is 14.4 Å². The van der Waals surface area contributed by atoms with E-state index in [0.29, 0.717) is 17.7 Å². The molecule has 1 atom stereocenters. The highest BCUT2D eigenvalue weighted by Gasteiger charge is 2.23. The second-order valence-corrected chi connectivity index (χ2v) is 11.2. The summed E-state index contributed by atoms with van der Waals surface area (Å²) in [6.07, 6.45) is 3.15. The van der Waals surface area contributed by atoms with Crippen LogP contribution in [0.3, 0.4) is 0 Å². The summed E-state index contributed by atoms with van der Waals surface area (Å²) in [6.45, 7) is 10.4. The number of fused-ring (bicyclic) bond motifs is 1. The Hall–Kier alpha value is -3.45.